The minimum absolute atomic E-state index is 0.0128. The van der Waals surface area contributed by atoms with Gasteiger partial charge in [-0.25, -0.2) is 4.39 Å². The molecule has 1 atom stereocenters. The van der Waals surface area contributed by atoms with Crippen molar-refractivity contribution < 1.29 is 18.7 Å². The third kappa shape index (κ3) is 4.04. The molecule has 8 heteroatoms. The number of ether oxygens (including phenoxy) is 1. The molecule has 0 unspecified atom stereocenters. The van der Waals surface area contributed by atoms with Gasteiger partial charge in [-0.3, -0.25) is 14.5 Å². The van der Waals surface area contributed by atoms with Gasteiger partial charge in [0.25, 0.3) is 5.91 Å². The number of amides is 2. The van der Waals surface area contributed by atoms with Crippen molar-refractivity contribution in [1.29, 1.82) is 0 Å². The summed E-state index contributed by atoms with van der Waals surface area (Å²) in [6.07, 6.45) is 0. The van der Waals surface area contributed by atoms with Crippen LogP contribution in [0.3, 0.4) is 0 Å². The molecule has 2 rings (SSSR count). The van der Waals surface area contributed by atoms with Gasteiger partial charge < -0.3 is 20.7 Å². The molecule has 1 fully saturated rings. The number of nitrogens with zero attached hydrogens (tertiary/aromatic N) is 2. The average Bonchev–Trinajstić information content (AvgIpc) is 2.50. The third-order valence-electron chi connectivity index (χ3n) is 3.66. The lowest BCUT2D eigenvalue weighted by Crippen LogP contribution is -2.45. The predicted octanol–water partition coefficient (Wildman–Crippen LogP) is 0.0163. The summed E-state index contributed by atoms with van der Waals surface area (Å²) in [5.41, 5.74) is 6.05. The summed E-state index contributed by atoms with van der Waals surface area (Å²) in [4.78, 5) is 27.0. The molecular formula is C15H21FN4O3. The van der Waals surface area contributed by atoms with Gasteiger partial charge in [-0.1, -0.05) is 0 Å². The van der Waals surface area contributed by atoms with E-state index >= 15 is 0 Å². The van der Waals surface area contributed by atoms with Crippen LogP contribution in [-0.4, -0.2) is 63.2 Å². The van der Waals surface area contributed by atoms with Crippen LogP contribution < -0.4 is 16.0 Å². The van der Waals surface area contributed by atoms with Crippen molar-refractivity contribution in [3.05, 3.63) is 24.0 Å². The highest BCUT2D eigenvalue weighted by atomic mass is 19.1. The molecule has 0 bridgehead atoms. The van der Waals surface area contributed by atoms with Gasteiger partial charge in [-0.05, 0) is 32.3 Å². The number of morpholine rings is 1. The first-order valence-electron chi connectivity index (χ1n) is 7.29. The van der Waals surface area contributed by atoms with E-state index in [4.69, 9.17) is 10.5 Å². The molecule has 126 valence electrons. The fourth-order valence-electron chi connectivity index (χ4n) is 2.33. The number of nitrogens with two attached hydrogens (primary N) is 1. The molecule has 1 saturated heterocycles. The molecule has 0 saturated carbocycles. The average molecular weight is 324 g/mol. The Bertz CT molecular complexity index is 594. The summed E-state index contributed by atoms with van der Waals surface area (Å²) < 4.78 is 19.3. The van der Waals surface area contributed by atoms with E-state index in [2.05, 4.69) is 5.32 Å². The van der Waals surface area contributed by atoms with Crippen LogP contribution >= 0.6 is 0 Å². The van der Waals surface area contributed by atoms with Crippen molar-refractivity contribution in [1.82, 2.24) is 4.90 Å². The summed E-state index contributed by atoms with van der Waals surface area (Å²) in [6, 6.07) is 3.71. The van der Waals surface area contributed by atoms with Crippen molar-refractivity contribution in [3.8, 4) is 0 Å². The van der Waals surface area contributed by atoms with E-state index in [9.17, 15) is 14.0 Å². The van der Waals surface area contributed by atoms with Crippen molar-refractivity contribution >= 4 is 23.2 Å². The molecule has 3 N–H and O–H groups in total. The van der Waals surface area contributed by atoms with E-state index < -0.39 is 11.9 Å². The fourth-order valence-corrected chi connectivity index (χ4v) is 2.33. The first-order valence-corrected chi connectivity index (χ1v) is 7.29. The SMILES string of the molecule is CN(C)[C@H](CN)C(=O)Nc1ccc(N2CCOCC2=O)cc1F. The molecular weight excluding hydrogens is 303 g/mol. The van der Waals surface area contributed by atoms with Gasteiger partial charge in [0.15, 0.2) is 0 Å². The maximum atomic E-state index is 14.2. The van der Waals surface area contributed by atoms with Crippen LogP contribution in [0.1, 0.15) is 0 Å². The largest absolute Gasteiger partial charge is 0.370 e. The van der Waals surface area contributed by atoms with Crippen LogP contribution in [0.5, 0.6) is 0 Å². The van der Waals surface area contributed by atoms with Crippen molar-refractivity contribution in [2.45, 2.75) is 6.04 Å². The summed E-state index contributed by atoms with van der Waals surface area (Å²) in [7, 11) is 3.45. The van der Waals surface area contributed by atoms with E-state index in [1.54, 1.807) is 25.1 Å². The van der Waals surface area contributed by atoms with Crippen LogP contribution in [0.2, 0.25) is 0 Å². The van der Waals surface area contributed by atoms with E-state index in [1.165, 1.54) is 17.0 Å². The molecule has 7 nitrogen and oxygen atoms in total. The highest BCUT2D eigenvalue weighted by Gasteiger charge is 2.23. The van der Waals surface area contributed by atoms with Gasteiger partial charge in [0.1, 0.15) is 18.5 Å². The number of rotatable bonds is 5. The molecule has 0 spiro atoms. The monoisotopic (exact) mass is 324 g/mol. The second kappa shape index (κ2) is 7.49. The normalized spacial score (nSPS) is 16.6. The quantitative estimate of drug-likeness (QED) is 0.797. The van der Waals surface area contributed by atoms with Crippen LogP contribution in [0.4, 0.5) is 15.8 Å². The van der Waals surface area contributed by atoms with Crippen molar-refractivity contribution in [2.75, 3.05) is 50.6 Å². The first-order chi connectivity index (χ1) is 10.9. The topological polar surface area (TPSA) is 87.9 Å². The lowest BCUT2D eigenvalue weighted by molar-refractivity contribution is -0.125. The highest BCUT2D eigenvalue weighted by Crippen LogP contribution is 2.23. The number of hydrogen-bond donors (Lipinski definition) is 2. The molecule has 0 aliphatic carbocycles. The van der Waals surface area contributed by atoms with Gasteiger partial charge >= 0.3 is 0 Å². The summed E-state index contributed by atoms with van der Waals surface area (Å²) in [5.74, 6) is -1.21. The van der Waals surface area contributed by atoms with Crippen LogP contribution in [0, 0.1) is 5.82 Å². The lowest BCUT2D eigenvalue weighted by Gasteiger charge is -2.27. The molecule has 1 aliphatic heterocycles. The third-order valence-corrected chi connectivity index (χ3v) is 3.66. The van der Waals surface area contributed by atoms with Gasteiger partial charge in [-0.15, -0.1) is 0 Å². The highest BCUT2D eigenvalue weighted by molar-refractivity contribution is 5.97. The summed E-state index contributed by atoms with van der Waals surface area (Å²) >= 11 is 0. The van der Waals surface area contributed by atoms with Crippen LogP contribution in [-0.2, 0) is 14.3 Å². The first kappa shape index (κ1) is 17.3. The molecule has 0 aromatic heterocycles. The maximum Gasteiger partial charge on any atom is 0.253 e. The predicted molar refractivity (Wildman–Crippen MR) is 84.7 cm³/mol. The van der Waals surface area contributed by atoms with Crippen LogP contribution in [0.15, 0.2) is 18.2 Å². The molecule has 1 aliphatic rings. The molecule has 1 aromatic rings. The number of carbonyl (C=O) groups is 2. The smallest absolute Gasteiger partial charge is 0.253 e. The van der Waals surface area contributed by atoms with Gasteiger partial charge in [0.2, 0.25) is 5.91 Å². The van der Waals surface area contributed by atoms with E-state index in [0.29, 0.717) is 18.8 Å². The fraction of sp³-hybridized carbons (Fsp3) is 0.467. The molecule has 2 amide bonds. The van der Waals surface area contributed by atoms with Crippen molar-refractivity contribution in [2.24, 2.45) is 5.73 Å². The summed E-state index contributed by atoms with van der Waals surface area (Å²) in [6.45, 7) is 0.897. The van der Waals surface area contributed by atoms with E-state index in [1.807, 2.05) is 0 Å². The second-order valence-corrected chi connectivity index (χ2v) is 5.47. The maximum absolute atomic E-state index is 14.2. The Kier molecular flexibility index (Phi) is 5.64. The zero-order valence-electron chi connectivity index (χ0n) is 13.2. The Labute approximate surface area is 134 Å². The lowest BCUT2D eigenvalue weighted by atomic mass is 10.2. The molecule has 23 heavy (non-hydrogen) atoms. The standard InChI is InChI=1S/C15H21FN4O3/c1-19(2)13(8-17)15(22)18-12-4-3-10(7-11(12)16)20-5-6-23-9-14(20)21/h3-4,7,13H,5-6,8-9,17H2,1-2H3,(H,18,22)/t13-/m1/s1. The van der Waals surface area contributed by atoms with Gasteiger partial charge in [0.05, 0.1) is 12.3 Å². The Morgan fingerprint density at radius 2 is 2.26 bits per heavy atom. The zero-order valence-corrected chi connectivity index (χ0v) is 13.2. The van der Waals surface area contributed by atoms with Gasteiger partial charge in [-0.2, -0.15) is 0 Å². The summed E-state index contributed by atoms with van der Waals surface area (Å²) in [5, 5.41) is 2.52. The Balaban J connectivity index is 2.13. The van der Waals surface area contributed by atoms with Crippen molar-refractivity contribution in [3.63, 3.8) is 0 Å². The van der Waals surface area contributed by atoms with Gasteiger partial charge in [0, 0.05) is 18.8 Å². The number of benzene rings is 1. The molecule has 1 aromatic carbocycles. The minimum Gasteiger partial charge on any atom is -0.370 e. The van der Waals surface area contributed by atoms with E-state index in [-0.39, 0.29) is 30.7 Å². The number of likely N-dealkylation sites (N-methyl/N-ethyl adjacent to an activating group) is 1. The Morgan fingerprint density at radius 3 is 2.83 bits per heavy atom. The molecule has 1 heterocycles. The number of anilines is 2. The second-order valence-electron chi connectivity index (χ2n) is 5.47. The Morgan fingerprint density at radius 1 is 1.52 bits per heavy atom. The molecule has 0 radical (unpaired) electrons. The number of carbonyl (C=O) groups excluding carboxylic acids is 2. The Hall–Kier alpha value is -2.03. The van der Waals surface area contributed by atoms with E-state index in [0.717, 1.165) is 0 Å². The number of hydrogen-bond acceptors (Lipinski definition) is 5. The zero-order chi connectivity index (χ0) is 17.0. The number of halogens is 1. The number of nitrogens with one attached hydrogen (secondary N) is 1. The van der Waals surface area contributed by atoms with Crippen LogP contribution in [0.25, 0.3) is 0 Å². The minimum atomic E-state index is -0.607.